The van der Waals surface area contributed by atoms with Gasteiger partial charge in [0.05, 0.1) is 11.1 Å². The highest BCUT2D eigenvalue weighted by Gasteiger charge is 2.26. The molecule has 0 saturated heterocycles. The minimum absolute atomic E-state index is 0.0709. The molecule has 6 heteroatoms. The van der Waals surface area contributed by atoms with Crippen LogP contribution in [0.2, 0.25) is 0 Å². The normalized spacial score (nSPS) is 16.4. The molecule has 2 amide bonds. The van der Waals surface area contributed by atoms with Gasteiger partial charge in [0.25, 0.3) is 11.8 Å². The molecule has 1 aliphatic heterocycles. The number of fused-ring (bicyclic) bond motifs is 8. The number of hydrogen-bond acceptors (Lipinski definition) is 4. The Hall–Kier alpha value is -4.32. The third-order valence-corrected chi connectivity index (χ3v) is 7.05. The fourth-order valence-electron chi connectivity index (χ4n) is 4.98. The molecule has 0 aromatic heterocycles. The largest absolute Gasteiger partial charge is 0.507 e. The van der Waals surface area contributed by atoms with Crippen molar-refractivity contribution in [1.82, 2.24) is 10.6 Å². The number of nitrogens with one attached hydrogen (secondary N) is 2. The van der Waals surface area contributed by atoms with Crippen molar-refractivity contribution >= 4 is 33.4 Å². The van der Waals surface area contributed by atoms with Crippen molar-refractivity contribution in [3.63, 3.8) is 0 Å². The van der Waals surface area contributed by atoms with Crippen LogP contribution in [0.4, 0.5) is 0 Å². The van der Waals surface area contributed by atoms with Crippen LogP contribution in [-0.2, 0) is 12.8 Å². The molecule has 0 aliphatic carbocycles. The number of allylic oxidation sites excluding steroid dienone is 1. The van der Waals surface area contributed by atoms with Gasteiger partial charge in [-0.3, -0.25) is 9.59 Å². The smallest absolute Gasteiger partial charge is 0.255 e. The van der Waals surface area contributed by atoms with Crippen LogP contribution in [0.1, 0.15) is 45.7 Å². The van der Waals surface area contributed by atoms with Gasteiger partial charge in [0.1, 0.15) is 11.5 Å². The highest BCUT2D eigenvalue weighted by molar-refractivity contribution is 6.04. The van der Waals surface area contributed by atoms with E-state index in [1.165, 1.54) is 0 Å². The molecular weight excluding hydrogens is 464 g/mol. The summed E-state index contributed by atoms with van der Waals surface area (Å²) in [4.78, 5) is 26.4. The molecule has 0 spiro atoms. The fraction of sp³-hybridized carbons (Fsp3) is 0.226. The van der Waals surface area contributed by atoms with Crippen molar-refractivity contribution < 1.29 is 19.8 Å². The van der Waals surface area contributed by atoms with E-state index in [4.69, 9.17) is 0 Å². The summed E-state index contributed by atoms with van der Waals surface area (Å²) in [5, 5.41) is 31.7. The molecule has 6 nitrogen and oxygen atoms in total. The third-order valence-electron chi connectivity index (χ3n) is 7.05. The van der Waals surface area contributed by atoms with Crippen LogP contribution in [0.5, 0.6) is 11.5 Å². The van der Waals surface area contributed by atoms with Gasteiger partial charge in [-0.1, -0.05) is 74.5 Å². The standard InChI is InChI=1S/C31H30N2O4/c1-18-12-23-21-10-6-4-8-19(21)14-25(27(23)34)29(36)32-16-31(2,3)17-33-30(37)26-15-20-9-5-7-11-22(20)24(13-18)28(26)35/h4-11,14-15,34-35H,1,12-13,16-17H2,2-3H3,(H,32,36)(H,33,37). The molecule has 4 aromatic rings. The average Bonchev–Trinajstić information content (AvgIpc) is 2.88. The van der Waals surface area contributed by atoms with Gasteiger partial charge in [0.15, 0.2) is 0 Å². The first kappa shape index (κ1) is 24.4. The van der Waals surface area contributed by atoms with Crippen molar-refractivity contribution in [3.05, 3.63) is 95.1 Å². The lowest BCUT2D eigenvalue weighted by Gasteiger charge is -2.26. The summed E-state index contributed by atoms with van der Waals surface area (Å²) >= 11 is 0. The number of phenols is 2. The fourth-order valence-corrected chi connectivity index (χ4v) is 4.98. The predicted octanol–water partition coefficient (Wildman–Crippen LogP) is 5.25. The highest BCUT2D eigenvalue weighted by Crippen LogP contribution is 2.37. The van der Waals surface area contributed by atoms with E-state index in [2.05, 4.69) is 17.2 Å². The summed E-state index contributed by atoms with van der Waals surface area (Å²) in [5.74, 6) is -0.900. The van der Waals surface area contributed by atoms with Crippen LogP contribution in [0.3, 0.4) is 0 Å². The Morgan fingerprint density at radius 1 is 0.730 bits per heavy atom. The van der Waals surface area contributed by atoms with E-state index in [9.17, 15) is 19.8 Å². The first-order valence-corrected chi connectivity index (χ1v) is 12.3. The lowest BCUT2D eigenvalue weighted by Crippen LogP contribution is -2.42. The zero-order valence-corrected chi connectivity index (χ0v) is 21.0. The monoisotopic (exact) mass is 494 g/mol. The van der Waals surface area contributed by atoms with Gasteiger partial charge in [-0.15, -0.1) is 0 Å². The van der Waals surface area contributed by atoms with Gasteiger partial charge < -0.3 is 20.8 Å². The Morgan fingerprint density at radius 3 is 1.57 bits per heavy atom. The molecule has 4 N–H and O–H groups in total. The summed E-state index contributed by atoms with van der Waals surface area (Å²) in [5.41, 5.74) is 1.85. The van der Waals surface area contributed by atoms with Crippen LogP contribution >= 0.6 is 0 Å². The van der Waals surface area contributed by atoms with Gasteiger partial charge in [-0.05, 0) is 51.9 Å². The van der Waals surface area contributed by atoms with Crippen molar-refractivity contribution in [2.24, 2.45) is 5.41 Å². The van der Waals surface area contributed by atoms with Crippen molar-refractivity contribution in [2.75, 3.05) is 13.1 Å². The maximum atomic E-state index is 13.2. The maximum absolute atomic E-state index is 13.2. The van der Waals surface area contributed by atoms with Gasteiger partial charge in [0.2, 0.25) is 0 Å². The lowest BCUT2D eigenvalue weighted by atomic mass is 9.89. The van der Waals surface area contributed by atoms with E-state index < -0.39 is 5.41 Å². The summed E-state index contributed by atoms with van der Waals surface area (Å²) in [6.07, 6.45) is 0.590. The number of rotatable bonds is 0. The average molecular weight is 495 g/mol. The van der Waals surface area contributed by atoms with Crippen molar-refractivity contribution in [3.8, 4) is 11.5 Å². The number of phenolic OH excluding ortho intramolecular Hbond substituents is 2. The van der Waals surface area contributed by atoms with E-state index in [1.807, 2.05) is 62.4 Å². The topological polar surface area (TPSA) is 98.7 Å². The van der Waals surface area contributed by atoms with Crippen LogP contribution in [-0.4, -0.2) is 35.1 Å². The molecule has 0 saturated carbocycles. The number of hydrogen-bond donors (Lipinski definition) is 4. The molecule has 4 bridgehead atoms. The summed E-state index contributed by atoms with van der Waals surface area (Å²) in [6.45, 7) is 8.66. The molecule has 0 unspecified atom stereocenters. The Kier molecular flexibility index (Phi) is 6.12. The SMILES string of the molecule is C=C1Cc2c(O)c(cc3ccccc23)C(=O)NCC(C)(C)CNC(=O)c2cc3ccccc3c(c2O)C1. The van der Waals surface area contributed by atoms with E-state index in [-0.39, 0.29) is 47.5 Å². The third kappa shape index (κ3) is 4.62. The molecule has 0 atom stereocenters. The number of carbonyl (C=O) groups excluding carboxylic acids is 2. The van der Waals surface area contributed by atoms with Gasteiger partial charge in [0, 0.05) is 24.2 Å². The van der Waals surface area contributed by atoms with E-state index in [1.54, 1.807) is 12.1 Å². The zero-order chi connectivity index (χ0) is 26.3. The van der Waals surface area contributed by atoms with Gasteiger partial charge >= 0.3 is 0 Å². The van der Waals surface area contributed by atoms with Crippen LogP contribution in [0.15, 0.2) is 72.8 Å². The van der Waals surface area contributed by atoms with E-state index in [0.717, 1.165) is 27.1 Å². The zero-order valence-electron chi connectivity index (χ0n) is 21.0. The summed E-state index contributed by atoms with van der Waals surface area (Å²) in [7, 11) is 0. The van der Waals surface area contributed by atoms with Crippen LogP contribution in [0, 0.1) is 5.41 Å². The molecule has 0 fully saturated rings. The number of amides is 2. The van der Waals surface area contributed by atoms with Gasteiger partial charge in [-0.2, -0.15) is 0 Å². The van der Waals surface area contributed by atoms with E-state index >= 15 is 0 Å². The minimum atomic E-state index is -0.485. The van der Waals surface area contributed by atoms with Crippen molar-refractivity contribution in [2.45, 2.75) is 26.7 Å². The van der Waals surface area contributed by atoms with Crippen molar-refractivity contribution in [1.29, 1.82) is 0 Å². The predicted molar refractivity (Wildman–Crippen MR) is 146 cm³/mol. The number of benzene rings is 4. The Balaban J connectivity index is 1.69. The molecule has 188 valence electrons. The van der Waals surface area contributed by atoms with E-state index in [0.29, 0.717) is 24.0 Å². The second-order valence-electron chi connectivity index (χ2n) is 10.6. The molecule has 1 aliphatic rings. The summed E-state index contributed by atoms with van der Waals surface area (Å²) < 4.78 is 0. The molecule has 37 heavy (non-hydrogen) atoms. The second-order valence-corrected chi connectivity index (χ2v) is 10.6. The maximum Gasteiger partial charge on any atom is 0.255 e. The Bertz CT molecular complexity index is 1470. The molecular formula is C31H30N2O4. The number of carbonyl (C=O) groups is 2. The first-order valence-electron chi connectivity index (χ1n) is 12.3. The highest BCUT2D eigenvalue weighted by atomic mass is 16.3. The van der Waals surface area contributed by atoms with Crippen LogP contribution in [0.25, 0.3) is 21.5 Å². The number of aromatic hydroxyl groups is 2. The molecule has 1 heterocycles. The summed E-state index contributed by atoms with van der Waals surface area (Å²) in [6, 6.07) is 18.6. The molecule has 5 rings (SSSR count). The quantitative estimate of drug-likeness (QED) is 0.251. The second kappa shape index (κ2) is 9.28. The molecule has 0 radical (unpaired) electrons. The lowest BCUT2D eigenvalue weighted by molar-refractivity contribution is 0.0917. The molecule has 4 aromatic carbocycles. The Labute approximate surface area is 215 Å². The van der Waals surface area contributed by atoms with Crippen LogP contribution < -0.4 is 10.6 Å². The van der Waals surface area contributed by atoms with Gasteiger partial charge in [-0.25, -0.2) is 0 Å². The minimum Gasteiger partial charge on any atom is -0.507 e. The first-order chi connectivity index (χ1) is 17.6. The Morgan fingerprint density at radius 2 is 1.14 bits per heavy atom.